The fourth-order valence-electron chi connectivity index (χ4n) is 4.01. The Balaban J connectivity index is 2.33. The minimum Gasteiger partial charge on any atom is -0.309 e. The molecule has 1 aliphatic heterocycles. The van der Waals surface area contributed by atoms with Crippen LogP contribution >= 0.6 is 0 Å². The van der Waals surface area contributed by atoms with Crippen molar-refractivity contribution in [3.05, 3.63) is 47.2 Å². The second-order valence-electron chi connectivity index (χ2n) is 6.27. The molecule has 1 heterocycles. The molecule has 0 unspecified atom stereocenters. The van der Waals surface area contributed by atoms with Crippen LogP contribution in [-0.4, -0.2) is 0 Å². The highest BCUT2D eigenvalue weighted by molar-refractivity contribution is 5.50. The second-order valence-corrected chi connectivity index (χ2v) is 6.27. The van der Waals surface area contributed by atoms with E-state index in [-0.39, 0.29) is 0 Å². The minimum absolute atomic E-state index is 0.593. The Bertz CT molecular complexity index is 826. The number of nitrogens with zero attached hydrogens (tertiary/aromatic N) is 4. The summed E-state index contributed by atoms with van der Waals surface area (Å²) >= 11 is 0. The van der Waals surface area contributed by atoms with E-state index in [4.69, 9.17) is 0 Å². The smallest absolute Gasteiger partial charge is 0.234 e. The molecule has 0 amide bonds. The maximum absolute atomic E-state index is 9.94. The zero-order valence-corrected chi connectivity index (χ0v) is 13.2. The lowest BCUT2D eigenvalue weighted by Gasteiger charge is -2.43. The van der Waals surface area contributed by atoms with Crippen LogP contribution in [-0.2, 0) is 0 Å². The number of hydrogen-bond donors (Lipinski definition) is 1. The maximum Gasteiger partial charge on any atom is 0.234 e. The third-order valence-electron chi connectivity index (χ3n) is 5.24. The fourth-order valence-corrected chi connectivity index (χ4v) is 4.01. The fraction of sp³-hybridized carbons (Fsp3) is 0.368. The molecule has 1 aliphatic carbocycles. The SMILES string of the molecule is N#CC1(C#N)C2=C(CCCC2)[NH2+][C@H](c2ccccc2)C1(C#N)C#N. The number of nitriles is 4. The van der Waals surface area contributed by atoms with Crippen LogP contribution in [0, 0.1) is 56.2 Å². The molecule has 2 N–H and O–H groups in total. The summed E-state index contributed by atoms with van der Waals surface area (Å²) in [6, 6.07) is 16.9. The molecule has 0 spiro atoms. The van der Waals surface area contributed by atoms with Crippen LogP contribution < -0.4 is 5.32 Å². The zero-order chi connectivity index (χ0) is 17.2. The van der Waals surface area contributed by atoms with E-state index in [2.05, 4.69) is 24.3 Å². The summed E-state index contributed by atoms with van der Waals surface area (Å²) < 4.78 is 0. The average molecular weight is 314 g/mol. The first-order valence-corrected chi connectivity index (χ1v) is 7.96. The van der Waals surface area contributed by atoms with Gasteiger partial charge in [0.15, 0.2) is 6.04 Å². The number of benzene rings is 1. The number of allylic oxidation sites excluding steroid dienone is 2. The van der Waals surface area contributed by atoms with Crippen LogP contribution in [0.5, 0.6) is 0 Å². The molecule has 0 saturated heterocycles. The van der Waals surface area contributed by atoms with Gasteiger partial charge in [-0.15, -0.1) is 0 Å². The molecule has 0 bridgehead atoms. The van der Waals surface area contributed by atoms with E-state index in [1.807, 2.05) is 35.6 Å². The molecule has 5 heteroatoms. The standard InChI is InChI=1S/C19H15N5/c20-10-18(11-21)15-8-4-5-9-16(15)24-17(19(18,12-22)13-23)14-6-2-1-3-7-14/h1-3,6-7,17,24H,4-5,8-9H2/p+1/t17-/m1/s1. The van der Waals surface area contributed by atoms with Crippen LogP contribution in [0.1, 0.15) is 37.3 Å². The van der Waals surface area contributed by atoms with Crippen molar-refractivity contribution in [3.63, 3.8) is 0 Å². The quantitative estimate of drug-likeness (QED) is 0.856. The van der Waals surface area contributed by atoms with Crippen molar-refractivity contribution in [2.45, 2.75) is 31.7 Å². The molecule has 0 radical (unpaired) electrons. The van der Waals surface area contributed by atoms with Gasteiger partial charge in [0, 0.05) is 17.6 Å². The van der Waals surface area contributed by atoms with Crippen molar-refractivity contribution in [2.75, 3.05) is 0 Å². The van der Waals surface area contributed by atoms with Gasteiger partial charge in [-0.2, -0.15) is 21.0 Å². The summed E-state index contributed by atoms with van der Waals surface area (Å²) in [6.07, 6.45) is 3.26. The molecule has 5 nitrogen and oxygen atoms in total. The molecule has 3 rings (SSSR count). The van der Waals surface area contributed by atoms with Crippen LogP contribution in [0.3, 0.4) is 0 Å². The van der Waals surface area contributed by atoms with E-state index in [0.29, 0.717) is 12.0 Å². The van der Waals surface area contributed by atoms with Crippen LogP contribution in [0.4, 0.5) is 0 Å². The van der Waals surface area contributed by atoms with Gasteiger partial charge in [0.2, 0.25) is 10.8 Å². The number of quaternary nitrogens is 1. The molecule has 0 fully saturated rings. The van der Waals surface area contributed by atoms with Gasteiger partial charge < -0.3 is 5.32 Å². The first-order valence-electron chi connectivity index (χ1n) is 7.96. The molecule has 1 aromatic carbocycles. The lowest BCUT2D eigenvalue weighted by Crippen LogP contribution is -2.90. The van der Waals surface area contributed by atoms with E-state index < -0.39 is 16.9 Å². The monoisotopic (exact) mass is 314 g/mol. The van der Waals surface area contributed by atoms with E-state index in [9.17, 15) is 21.0 Å². The number of rotatable bonds is 1. The van der Waals surface area contributed by atoms with Gasteiger partial charge in [0.1, 0.15) is 5.70 Å². The van der Waals surface area contributed by atoms with Crippen molar-refractivity contribution in [1.29, 1.82) is 21.0 Å². The molecule has 1 aromatic rings. The highest BCUT2D eigenvalue weighted by Crippen LogP contribution is 2.55. The average Bonchev–Trinajstić information content (AvgIpc) is 2.67. The number of hydrogen-bond acceptors (Lipinski definition) is 4. The molecule has 24 heavy (non-hydrogen) atoms. The predicted molar refractivity (Wildman–Crippen MR) is 83.9 cm³/mol. The minimum atomic E-state index is -1.74. The van der Waals surface area contributed by atoms with Crippen LogP contribution in [0.25, 0.3) is 0 Å². The van der Waals surface area contributed by atoms with Crippen molar-refractivity contribution in [3.8, 4) is 24.3 Å². The van der Waals surface area contributed by atoms with Crippen molar-refractivity contribution in [2.24, 2.45) is 10.8 Å². The Morgan fingerprint density at radius 3 is 2.08 bits per heavy atom. The van der Waals surface area contributed by atoms with Crippen molar-refractivity contribution < 1.29 is 5.32 Å². The van der Waals surface area contributed by atoms with Crippen molar-refractivity contribution >= 4 is 0 Å². The Morgan fingerprint density at radius 2 is 1.50 bits per heavy atom. The topological polar surface area (TPSA) is 112 Å². The first-order chi connectivity index (χ1) is 11.7. The summed E-state index contributed by atoms with van der Waals surface area (Å²) in [6.45, 7) is 0. The Kier molecular flexibility index (Phi) is 3.83. The van der Waals surface area contributed by atoms with E-state index in [0.717, 1.165) is 30.5 Å². The highest BCUT2D eigenvalue weighted by Gasteiger charge is 2.67. The summed E-state index contributed by atoms with van der Waals surface area (Å²) in [5.74, 6) is 0. The van der Waals surface area contributed by atoms with Gasteiger partial charge in [-0.25, -0.2) is 0 Å². The molecule has 0 aromatic heterocycles. The third kappa shape index (κ3) is 1.87. The van der Waals surface area contributed by atoms with Gasteiger partial charge in [0.25, 0.3) is 0 Å². The zero-order valence-electron chi connectivity index (χ0n) is 13.2. The Morgan fingerprint density at radius 1 is 0.875 bits per heavy atom. The normalized spacial score (nSPS) is 23.8. The van der Waals surface area contributed by atoms with Crippen LogP contribution in [0.15, 0.2) is 41.6 Å². The summed E-state index contributed by atoms with van der Waals surface area (Å²) in [5.41, 5.74) is -1.03. The Labute approximate surface area is 141 Å². The lowest BCUT2D eigenvalue weighted by molar-refractivity contribution is -0.672. The van der Waals surface area contributed by atoms with Gasteiger partial charge in [-0.05, 0) is 19.3 Å². The molecular formula is C19H16N5+. The molecule has 116 valence electrons. The van der Waals surface area contributed by atoms with Crippen LogP contribution in [0.2, 0.25) is 0 Å². The molecule has 0 saturated carbocycles. The maximum atomic E-state index is 9.94. The molecule has 1 atom stereocenters. The van der Waals surface area contributed by atoms with Gasteiger partial charge in [-0.3, -0.25) is 0 Å². The van der Waals surface area contributed by atoms with E-state index in [1.165, 1.54) is 0 Å². The summed E-state index contributed by atoms with van der Waals surface area (Å²) in [7, 11) is 0. The summed E-state index contributed by atoms with van der Waals surface area (Å²) in [4.78, 5) is 0. The van der Waals surface area contributed by atoms with E-state index in [1.54, 1.807) is 0 Å². The Hall–Kier alpha value is -3.12. The second kappa shape index (κ2) is 5.82. The van der Waals surface area contributed by atoms with Gasteiger partial charge >= 0.3 is 0 Å². The van der Waals surface area contributed by atoms with Crippen molar-refractivity contribution in [1.82, 2.24) is 0 Å². The predicted octanol–water partition coefficient (Wildman–Crippen LogP) is 2.20. The van der Waals surface area contributed by atoms with Gasteiger partial charge in [0.05, 0.1) is 24.3 Å². The molecular weight excluding hydrogens is 298 g/mol. The third-order valence-corrected chi connectivity index (χ3v) is 5.24. The highest BCUT2D eigenvalue weighted by atomic mass is 15.0. The molecule has 2 aliphatic rings. The first kappa shape index (κ1) is 15.8. The summed E-state index contributed by atoms with van der Waals surface area (Å²) in [5, 5.41) is 41.7. The largest absolute Gasteiger partial charge is 0.309 e. The number of nitrogens with two attached hydrogens (primary N) is 1. The van der Waals surface area contributed by atoms with E-state index >= 15 is 0 Å². The van der Waals surface area contributed by atoms with Gasteiger partial charge in [-0.1, -0.05) is 30.3 Å². The lowest BCUT2D eigenvalue weighted by atomic mass is 9.54.